The predicted molar refractivity (Wildman–Crippen MR) is 88.7 cm³/mol. The van der Waals surface area contributed by atoms with Gasteiger partial charge >= 0.3 is 0 Å². The quantitative estimate of drug-likeness (QED) is 0.941. The van der Waals surface area contributed by atoms with Crippen LogP contribution in [0, 0.1) is 5.92 Å². The van der Waals surface area contributed by atoms with Gasteiger partial charge in [0.05, 0.1) is 12.1 Å². The number of hydrogen-bond acceptors (Lipinski definition) is 3. The lowest BCUT2D eigenvalue weighted by Crippen LogP contribution is -2.42. The van der Waals surface area contributed by atoms with Gasteiger partial charge in [-0.15, -0.1) is 0 Å². The molecular formula is C18H23N3O. The molecular weight excluding hydrogens is 274 g/mol. The number of nitrogens with zero attached hydrogens (tertiary/aromatic N) is 2. The lowest BCUT2D eigenvalue weighted by Gasteiger charge is -2.32. The van der Waals surface area contributed by atoms with E-state index in [1.165, 1.54) is 23.8 Å². The Morgan fingerprint density at radius 2 is 2.27 bits per heavy atom. The van der Waals surface area contributed by atoms with Gasteiger partial charge in [0.1, 0.15) is 0 Å². The molecule has 4 heteroatoms. The molecule has 1 aromatic carbocycles. The fourth-order valence-corrected chi connectivity index (χ4v) is 3.31. The predicted octanol–water partition coefficient (Wildman–Crippen LogP) is 2.24. The highest BCUT2D eigenvalue weighted by atomic mass is 16.1. The summed E-state index contributed by atoms with van der Waals surface area (Å²) in [5.41, 5.74) is 2.35. The number of likely N-dealkylation sites (N-methyl/N-ethyl adjacent to an activating group) is 1. The van der Waals surface area contributed by atoms with Gasteiger partial charge < -0.3 is 5.32 Å². The molecule has 4 nitrogen and oxygen atoms in total. The Hall–Kier alpha value is -1.94. The molecule has 2 aromatic rings. The number of benzene rings is 1. The minimum atomic E-state index is 0.105. The highest BCUT2D eigenvalue weighted by Gasteiger charge is 2.21. The Morgan fingerprint density at radius 1 is 1.41 bits per heavy atom. The van der Waals surface area contributed by atoms with Crippen molar-refractivity contribution in [2.45, 2.75) is 19.3 Å². The van der Waals surface area contributed by atoms with E-state index in [4.69, 9.17) is 0 Å². The van der Waals surface area contributed by atoms with Crippen LogP contribution in [0.3, 0.4) is 0 Å². The highest BCUT2D eigenvalue weighted by Crippen LogP contribution is 2.22. The highest BCUT2D eigenvalue weighted by molar-refractivity contribution is 5.78. The van der Waals surface area contributed by atoms with Crippen molar-refractivity contribution in [1.29, 1.82) is 0 Å². The molecule has 3 rings (SSSR count). The molecule has 1 amide bonds. The molecule has 0 spiro atoms. The Morgan fingerprint density at radius 3 is 3.14 bits per heavy atom. The number of carbonyl (C=O) groups excluding carboxylic acids is 1. The van der Waals surface area contributed by atoms with Crippen molar-refractivity contribution in [1.82, 2.24) is 15.2 Å². The summed E-state index contributed by atoms with van der Waals surface area (Å²) in [5.74, 6) is 0.717. The average molecular weight is 297 g/mol. The van der Waals surface area contributed by atoms with Gasteiger partial charge in [0.25, 0.3) is 0 Å². The van der Waals surface area contributed by atoms with Gasteiger partial charge in [0.15, 0.2) is 0 Å². The maximum Gasteiger partial charge on any atom is 0.233 e. The second-order valence-electron chi connectivity index (χ2n) is 6.16. The molecule has 1 unspecified atom stereocenters. The van der Waals surface area contributed by atoms with Crippen LogP contribution in [0.1, 0.15) is 18.4 Å². The molecule has 0 aliphatic carbocycles. The van der Waals surface area contributed by atoms with Gasteiger partial charge in [-0.2, -0.15) is 0 Å². The first kappa shape index (κ1) is 15.0. The Balaban J connectivity index is 1.64. The van der Waals surface area contributed by atoms with Crippen molar-refractivity contribution in [2.75, 3.05) is 26.7 Å². The second kappa shape index (κ2) is 6.88. The monoisotopic (exact) mass is 297 g/mol. The number of fused-ring (bicyclic) bond motifs is 1. The SMILES string of the molecule is CNC(=O)CN1CCCC(Cc2cnc3ccccc3c2)C1. The smallest absolute Gasteiger partial charge is 0.233 e. The third-order valence-electron chi connectivity index (χ3n) is 4.42. The number of pyridine rings is 1. The standard InChI is InChI=1S/C18H23N3O/c1-19-18(22)13-21-8-4-5-14(12-21)9-15-10-16-6-2-3-7-17(16)20-11-15/h2-3,6-7,10-11,14H,4-5,8-9,12-13H2,1H3,(H,19,22). The first-order valence-electron chi connectivity index (χ1n) is 8.01. The molecule has 1 N–H and O–H groups in total. The zero-order valence-corrected chi connectivity index (χ0v) is 13.1. The molecule has 1 saturated heterocycles. The van der Waals surface area contributed by atoms with Crippen molar-refractivity contribution in [3.63, 3.8) is 0 Å². The average Bonchev–Trinajstić information content (AvgIpc) is 2.55. The molecule has 1 atom stereocenters. The van der Waals surface area contributed by atoms with Crippen LogP contribution in [0.5, 0.6) is 0 Å². The van der Waals surface area contributed by atoms with Crippen molar-refractivity contribution < 1.29 is 4.79 Å². The fraction of sp³-hybridized carbons (Fsp3) is 0.444. The molecule has 1 aliphatic rings. The van der Waals surface area contributed by atoms with Gasteiger partial charge in [-0.3, -0.25) is 14.7 Å². The van der Waals surface area contributed by atoms with Crippen LogP contribution in [-0.2, 0) is 11.2 Å². The number of carbonyl (C=O) groups is 1. The van der Waals surface area contributed by atoms with E-state index in [0.717, 1.165) is 25.0 Å². The number of nitrogens with one attached hydrogen (secondary N) is 1. The van der Waals surface area contributed by atoms with Crippen molar-refractivity contribution >= 4 is 16.8 Å². The maximum absolute atomic E-state index is 11.5. The summed E-state index contributed by atoms with van der Waals surface area (Å²) in [7, 11) is 1.70. The van der Waals surface area contributed by atoms with Gasteiger partial charge in [-0.1, -0.05) is 18.2 Å². The lowest BCUT2D eigenvalue weighted by molar-refractivity contribution is -0.122. The number of piperidine rings is 1. The summed E-state index contributed by atoms with van der Waals surface area (Å²) in [6.07, 6.45) is 5.45. The zero-order chi connectivity index (χ0) is 15.4. The number of amides is 1. The molecule has 0 radical (unpaired) electrons. The number of para-hydroxylation sites is 1. The molecule has 1 aromatic heterocycles. The van der Waals surface area contributed by atoms with E-state index in [9.17, 15) is 4.79 Å². The van der Waals surface area contributed by atoms with E-state index < -0.39 is 0 Å². The van der Waals surface area contributed by atoms with Gasteiger partial charge in [0.2, 0.25) is 5.91 Å². The molecule has 0 bridgehead atoms. The number of likely N-dealkylation sites (tertiary alicyclic amines) is 1. The summed E-state index contributed by atoms with van der Waals surface area (Å²) in [5, 5.41) is 3.91. The number of aromatic nitrogens is 1. The van der Waals surface area contributed by atoms with Crippen LogP contribution in [-0.4, -0.2) is 42.5 Å². The Kier molecular flexibility index (Phi) is 4.68. The lowest BCUT2D eigenvalue weighted by atomic mass is 9.91. The van der Waals surface area contributed by atoms with Crippen molar-refractivity contribution in [2.24, 2.45) is 5.92 Å². The van der Waals surface area contributed by atoms with E-state index in [1.807, 2.05) is 18.3 Å². The van der Waals surface area contributed by atoms with Gasteiger partial charge in [-0.05, 0) is 49.4 Å². The second-order valence-corrected chi connectivity index (χ2v) is 6.16. The molecule has 1 fully saturated rings. The third-order valence-corrected chi connectivity index (χ3v) is 4.42. The summed E-state index contributed by atoms with van der Waals surface area (Å²) < 4.78 is 0. The molecule has 0 saturated carbocycles. The van der Waals surface area contributed by atoms with Crippen LogP contribution in [0.4, 0.5) is 0 Å². The van der Waals surface area contributed by atoms with Crippen LogP contribution in [0.15, 0.2) is 36.5 Å². The molecule has 22 heavy (non-hydrogen) atoms. The third kappa shape index (κ3) is 3.63. The summed E-state index contributed by atoms with van der Waals surface area (Å²) in [6.45, 7) is 2.54. The first-order chi connectivity index (χ1) is 10.7. The van der Waals surface area contributed by atoms with Crippen LogP contribution < -0.4 is 5.32 Å². The topological polar surface area (TPSA) is 45.2 Å². The first-order valence-corrected chi connectivity index (χ1v) is 8.01. The maximum atomic E-state index is 11.5. The largest absolute Gasteiger partial charge is 0.358 e. The zero-order valence-electron chi connectivity index (χ0n) is 13.1. The molecule has 116 valence electrons. The van der Waals surface area contributed by atoms with E-state index >= 15 is 0 Å². The van der Waals surface area contributed by atoms with Crippen molar-refractivity contribution in [3.8, 4) is 0 Å². The summed E-state index contributed by atoms with van der Waals surface area (Å²) in [6, 6.07) is 10.5. The van der Waals surface area contributed by atoms with Crippen LogP contribution >= 0.6 is 0 Å². The van der Waals surface area contributed by atoms with Gasteiger partial charge in [-0.25, -0.2) is 0 Å². The van der Waals surface area contributed by atoms with E-state index in [-0.39, 0.29) is 5.91 Å². The molecule has 2 heterocycles. The Labute approximate surface area is 131 Å². The van der Waals surface area contributed by atoms with Crippen LogP contribution in [0.25, 0.3) is 10.9 Å². The van der Waals surface area contributed by atoms with E-state index in [0.29, 0.717) is 12.5 Å². The fourth-order valence-electron chi connectivity index (χ4n) is 3.31. The number of hydrogen-bond donors (Lipinski definition) is 1. The van der Waals surface area contributed by atoms with E-state index in [1.54, 1.807) is 7.05 Å². The van der Waals surface area contributed by atoms with Gasteiger partial charge in [0, 0.05) is 25.2 Å². The van der Waals surface area contributed by atoms with Crippen LogP contribution in [0.2, 0.25) is 0 Å². The van der Waals surface area contributed by atoms with E-state index in [2.05, 4.69) is 33.4 Å². The number of rotatable bonds is 4. The molecule has 1 aliphatic heterocycles. The summed E-state index contributed by atoms with van der Waals surface area (Å²) >= 11 is 0. The minimum Gasteiger partial charge on any atom is -0.358 e. The minimum absolute atomic E-state index is 0.105. The normalized spacial score (nSPS) is 19.2. The Bertz CT molecular complexity index is 656. The van der Waals surface area contributed by atoms with Crippen molar-refractivity contribution in [3.05, 3.63) is 42.1 Å². The summed E-state index contributed by atoms with van der Waals surface area (Å²) in [4.78, 5) is 18.3.